The number of aliphatic hydroxyl groups excluding tert-OH is 1. The van der Waals surface area contributed by atoms with Crippen molar-refractivity contribution in [1.82, 2.24) is 30.5 Å². The second kappa shape index (κ2) is 10.2. The van der Waals surface area contributed by atoms with Gasteiger partial charge in [-0.2, -0.15) is 0 Å². The Hall–Kier alpha value is -2.43. The van der Waals surface area contributed by atoms with Gasteiger partial charge in [0.2, 0.25) is 11.8 Å². The molecule has 10 heteroatoms. The standard InChI is InChI=1S/C23H34N6O3S/c1-13(2)28-20(23(4,5)6)22(32)29-11-16(30)7-18(29)21(31)26-9-15-8-25-17(10-24-15)19-14(3)27-12-33-19/h8,10,12-13,16,18,20,28,30H,7,9,11H2,1-6H3,(H,26,31)/t16-,18+,20-/m1/s1. The maximum Gasteiger partial charge on any atom is 0.243 e. The smallest absolute Gasteiger partial charge is 0.243 e. The van der Waals surface area contributed by atoms with Crippen LogP contribution in [-0.2, 0) is 16.1 Å². The predicted octanol–water partition coefficient (Wildman–Crippen LogP) is 1.90. The summed E-state index contributed by atoms with van der Waals surface area (Å²) in [7, 11) is 0. The van der Waals surface area contributed by atoms with Crippen LogP contribution in [-0.4, -0.2) is 67.5 Å². The summed E-state index contributed by atoms with van der Waals surface area (Å²) in [5.41, 5.74) is 3.68. The summed E-state index contributed by atoms with van der Waals surface area (Å²) in [4.78, 5) is 41.9. The highest BCUT2D eigenvalue weighted by Gasteiger charge is 2.43. The molecule has 0 radical (unpaired) electrons. The van der Waals surface area contributed by atoms with Gasteiger partial charge in [0.15, 0.2) is 0 Å². The lowest BCUT2D eigenvalue weighted by Gasteiger charge is -2.36. The molecule has 0 unspecified atom stereocenters. The lowest BCUT2D eigenvalue weighted by Crippen LogP contribution is -2.57. The van der Waals surface area contributed by atoms with Crippen LogP contribution in [0.25, 0.3) is 10.6 Å². The van der Waals surface area contributed by atoms with Crippen molar-refractivity contribution in [2.45, 2.75) is 78.7 Å². The van der Waals surface area contributed by atoms with Crippen molar-refractivity contribution in [3.8, 4) is 10.6 Å². The van der Waals surface area contributed by atoms with E-state index in [0.717, 1.165) is 16.3 Å². The van der Waals surface area contributed by atoms with E-state index in [1.807, 2.05) is 41.5 Å². The highest BCUT2D eigenvalue weighted by Crippen LogP contribution is 2.27. The molecule has 1 saturated heterocycles. The largest absolute Gasteiger partial charge is 0.391 e. The highest BCUT2D eigenvalue weighted by atomic mass is 32.1. The molecule has 2 amide bonds. The molecule has 9 nitrogen and oxygen atoms in total. The number of carbonyl (C=O) groups excluding carboxylic acids is 2. The predicted molar refractivity (Wildman–Crippen MR) is 127 cm³/mol. The minimum absolute atomic E-state index is 0.105. The minimum Gasteiger partial charge on any atom is -0.391 e. The van der Waals surface area contributed by atoms with Gasteiger partial charge in [0.05, 0.1) is 52.9 Å². The first kappa shape index (κ1) is 25.2. The zero-order valence-electron chi connectivity index (χ0n) is 20.1. The molecular formula is C23H34N6O3S. The van der Waals surface area contributed by atoms with Crippen LogP contribution in [0.4, 0.5) is 0 Å². The summed E-state index contributed by atoms with van der Waals surface area (Å²) in [5, 5.41) is 16.4. The van der Waals surface area contributed by atoms with E-state index in [9.17, 15) is 14.7 Å². The van der Waals surface area contributed by atoms with E-state index in [1.165, 1.54) is 16.2 Å². The Labute approximate surface area is 199 Å². The molecule has 3 heterocycles. The highest BCUT2D eigenvalue weighted by molar-refractivity contribution is 7.13. The van der Waals surface area contributed by atoms with Crippen LogP contribution < -0.4 is 10.6 Å². The van der Waals surface area contributed by atoms with Gasteiger partial charge in [-0.25, -0.2) is 4.98 Å². The van der Waals surface area contributed by atoms with E-state index in [0.29, 0.717) is 5.69 Å². The van der Waals surface area contributed by atoms with E-state index in [1.54, 1.807) is 17.9 Å². The van der Waals surface area contributed by atoms with Crippen LogP contribution in [0.5, 0.6) is 0 Å². The molecule has 33 heavy (non-hydrogen) atoms. The average molecular weight is 475 g/mol. The number of hydrogen-bond donors (Lipinski definition) is 3. The average Bonchev–Trinajstić information content (AvgIpc) is 3.35. The Morgan fingerprint density at radius 1 is 1.24 bits per heavy atom. The second-order valence-corrected chi connectivity index (χ2v) is 10.7. The van der Waals surface area contributed by atoms with E-state index >= 15 is 0 Å². The van der Waals surface area contributed by atoms with Crippen molar-refractivity contribution >= 4 is 23.2 Å². The maximum atomic E-state index is 13.4. The summed E-state index contributed by atoms with van der Waals surface area (Å²) < 4.78 is 0. The van der Waals surface area contributed by atoms with Crippen LogP contribution in [0.1, 0.15) is 52.4 Å². The number of nitrogens with one attached hydrogen (secondary N) is 2. The second-order valence-electron chi connectivity index (χ2n) is 9.89. The molecule has 180 valence electrons. The molecule has 0 saturated carbocycles. The number of likely N-dealkylation sites (tertiary alicyclic amines) is 1. The summed E-state index contributed by atoms with van der Waals surface area (Å²) >= 11 is 1.50. The maximum absolute atomic E-state index is 13.4. The number of nitrogens with zero attached hydrogens (tertiary/aromatic N) is 4. The lowest BCUT2D eigenvalue weighted by atomic mass is 9.85. The van der Waals surface area contributed by atoms with Gasteiger partial charge in [-0.3, -0.25) is 19.6 Å². The Kier molecular flexibility index (Phi) is 7.81. The van der Waals surface area contributed by atoms with Crippen LogP contribution in [0.15, 0.2) is 17.9 Å². The van der Waals surface area contributed by atoms with Gasteiger partial charge in [0.25, 0.3) is 0 Å². The Morgan fingerprint density at radius 2 is 1.97 bits per heavy atom. The molecule has 2 aromatic heterocycles. The summed E-state index contributed by atoms with van der Waals surface area (Å²) in [5.74, 6) is -0.474. The van der Waals surface area contributed by atoms with Crippen molar-refractivity contribution in [3.05, 3.63) is 29.3 Å². The third-order valence-corrected chi connectivity index (χ3v) is 6.56. The van der Waals surface area contributed by atoms with Gasteiger partial charge in [-0.1, -0.05) is 34.6 Å². The molecule has 1 aliphatic rings. The number of thiazole rings is 1. The number of aryl methyl sites for hydroxylation is 1. The fraction of sp³-hybridized carbons (Fsp3) is 0.609. The number of aliphatic hydroxyl groups is 1. The molecular weight excluding hydrogens is 440 g/mol. The van der Waals surface area contributed by atoms with Gasteiger partial charge >= 0.3 is 0 Å². The molecule has 0 spiro atoms. The monoisotopic (exact) mass is 474 g/mol. The number of carbonyl (C=O) groups is 2. The first-order valence-corrected chi connectivity index (χ1v) is 12.1. The zero-order valence-corrected chi connectivity index (χ0v) is 20.9. The molecule has 3 N–H and O–H groups in total. The topological polar surface area (TPSA) is 120 Å². The molecule has 0 aliphatic carbocycles. The number of aromatic nitrogens is 3. The summed E-state index contributed by atoms with van der Waals surface area (Å²) in [6, 6.07) is -1.08. The molecule has 1 fully saturated rings. The SMILES string of the molecule is Cc1ncsc1-c1cnc(CNC(=O)[C@@H]2C[C@@H](O)CN2C(=O)[C@@H](NC(C)C)C(C)(C)C)cn1. The fourth-order valence-electron chi connectivity index (χ4n) is 3.90. The Balaban J connectivity index is 1.66. The number of rotatable bonds is 7. The van der Waals surface area contributed by atoms with Crippen LogP contribution in [0.3, 0.4) is 0 Å². The third-order valence-electron chi connectivity index (χ3n) is 5.60. The normalized spacial score (nSPS) is 19.7. The van der Waals surface area contributed by atoms with E-state index < -0.39 is 18.2 Å². The molecule has 1 aliphatic heterocycles. The third kappa shape index (κ3) is 6.13. The molecule has 3 atom stereocenters. The zero-order chi connectivity index (χ0) is 24.3. The summed E-state index contributed by atoms with van der Waals surface area (Å²) in [6.45, 7) is 12.2. The first-order chi connectivity index (χ1) is 15.5. The molecule has 0 bridgehead atoms. The van der Waals surface area contributed by atoms with Crippen LogP contribution in [0, 0.1) is 12.3 Å². The van der Waals surface area contributed by atoms with Crippen molar-refractivity contribution in [1.29, 1.82) is 0 Å². The van der Waals surface area contributed by atoms with Crippen LogP contribution in [0.2, 0.25) is 0 Å². The molecule has 2 aromatic rings. The lowest BCUT2D eigenvalue weighted by molar-refractivity contribution is -0.142. The van der Waals surface area contributed by atoms with Crippen molar-refractivity contribution in [2.75, 3.05) is 6.54 Å². The number of β-amino-alcohol motifs (C(OH)–C–C–N with tert-alkyl or cyclic N) is 1. The number of amides is 2. The molecule has 3 rings (SSSR count). The van der Waals surface area contributed by atoms with Gasteiger partial charge in [-0.05, 0) is 12.3 Å². The van der Waals surface area contributed by atoms with Gasteiger partial charge in [0, 0.05) is 19.0 Å². The van der Waals surface area contributed by atoms with Crippen molar-refractivity contribution < 1.29 is 14.7 Å². The van der Waals surface area contributed by atoms with Gasteiger partial charge in [0.1, 0.15) is 11.7 Å². The minimum atomic E-state index is -0.730. The molecule has 0 aromatic carbocycles. The van der Waals surface area contributed by atoms with Gasteiger partial charge in [-0.15, -0.1) is 11.3 Å². The van der Waals surface area contributed by atoms with E-state index in [4.69, 9.17) is 0 Å². The fourth-order valence-corrected chi connectivity index (χ4v) is 4.67. The Morgan fingerprint density at radius 3 is 2.52 bits per heavy atom. The summed E-state index contributed by atoms with van der Waals surface area (Å²) in [6.07, 6.45) is 2.78. The number of hydrogen-bond acceptors (Lipinski definition) is 8. The first-order valence-electron chi connectivity index (χ1n) is 11.2. The van der Waals surface area contributed by atoms with Crippen LogP contribution >= 0.6 is 11.3 Å². The Bertz CT molecular complexity index is 969. The van der Waals surface area contributed by atoms with Crippen molar-refractivity contribution in [3.63, 3.8) is 0 Å². The quantitative estimate of drug-likeness (QED) is 0.560. The van der Waals surface area contributed by atoms with E-state index in [-0.39, 0.29) is 42.8 Å². The van der Waals surface area contributed by atoms with Crippen molar-refractivity contribution in [2.24, 2.45) is 5.41 Å². The van der Waals surface area contributed by atoms with Gasteiger partial charge < -0.3 is 20.6 Å². The van der Waals surface area contributed by atoms with E-state index in [2.05, 4.69) is 25.6 Å².